The smallest absolute Gasteiger partial charge is 0.243 e. The fourth-order valence-corrected chi connectivity index (χ4v) is 5.69. The third kappa shape index (κ3) is 13.1. The molecule has 52 heavy (non-hydrogen) atoms. The first kappa shape index (κ1) is 27.5. The highest BCUT2D eigenvalue weighted by Gasteiger charge is 2.50. The number of carbonyl (C=O) groups excluding carboxylic acids is 5. The van der Waals surface area contributed by atoms with E-state index in [0.29, 0.717) is 10.5 Å². The molecule has 12 heteroatoms. The number of amides is 4. The van der Waals surface area contributed by atoms with Crippen molar-refractivity contribution >= 4 is 29.4 Å². The number of ether oxygens (including phenoxy) is 2. The summed E-state index contributed by atoms with van der Waals surface area (Å²) in [5.74, 6) is -7.82. The van der Waals surface area contributed by atoms with E-state index in [1.165, 1.54) is 6.92 Å². The maximum atomic E-state index is 14.3. The Kier molecular flexibility index (Phi) is 10.4. The number of carbonyl (C=O) groups is 5. The number of epoxide rings is 1. The van der Waals surface area contributed by atoms with Gasteiger partial charge in [-0.2, -0.15) is 0 Å². The molecule has 2 heterocycles. The molecule has 0 aliphatic carbocycles. The van der Waals surface area contributed by atoms with Gasteiger partial charge in [0.1, 0.15) is 23.7 Å². The van der Waals surface area contributed by atoms with Gasteiger partial charge in [-0.3, -0.25) is 28.9 Å². The minimum Gasteiger partial charge on any atom is -0.379 e. The Bertz CT molecular complexity index is 1890. The number of hydrogen-bond donors (Lipinski definition) is 4. The molecular weight excluding hydrogens is 662 g/mol. The minimum absolute atomic E-state index is 0.0154. The summed E-state index contributed by atoms with van der Waals surface area (Å²) in [6.45, 7) is -8.47. The lowest BCUT2D eigenvalue weighted by atomic mass is 9.93. The molecule has 2 aromatic carbocycles. The fraction of sp³-hybridized carbons (Fsp3) is 0.575. The lowest BCUT2D eigenvalue weighted by Gasteiger charge is -2.29. The lowest BCUT2D eigenvalue weighted by Crippen LogP contribution is -2.59. The highest BCUT2D eigenvalue weighted by atomic mass is 16.6. The number of benzene rings is 2. The average Bonchev–Trinajstić information content (AvgIpc) is 3.94. The standard InChI is InChI=1S/C40H57N5O7/c1-27(2)22-32(36(47)40(5)26-52-40)42-39(50)34(24-30-14-10-7-11-15-30)44-38(49)33(23-28(3)4)43-37(48)31(17-16-29-12-8-6-9-13-29)41-35(46)25-45-18-20-51-21-19-45/h6-15,27-28,31-34H,16-26H2,1-5H3,(H,41,46)(H,42,50)(H,43,48)(H,44,49)/t31-,32-,33-,34-,40+/m0/s1/i1D3,2D3,18D2,19D2,27D. The van der Waals surface area contributed by atoms with Gasteiger partial charge in [-0.1, -0.05) is 88.2 Å². The highest BCUT2D eigenvalue weighted by molar-refractivity contribution is 5.98. The van der Waals surface area contributed by atoms with E-state index in [2.05, 4.69) is 21.3 Å². The summed E-state index contributed by atoms with van der Waals surface area (Å²) in [7, 11) is 0. The Morgan fingerprint density at radius 1 is 0.808 bits per heavy atom. The number of rotatable bonds is 20. The molecule has 4 rings (SSSR count). The van der Waals surface area contributed by atoms with Crippen LogP contribution in [0.15, 0.2) is 60.7 Å². The fourth-order valence-electron chi connectivity index (χ4n) is 5.69. The maximum absolute atomic E-state index is 14.3. The van der Waals surface area contributed by atoms with Gasteiger partial charge in [0, 0.05) is 34.5 Å². The van der Waals surface area contributed by atoms with Gasteiger partial charge in [0.25, 0.3) is 0 Å². The van der Waals surface area contributed by atoms with Crippen molar-refractivity contribution in [2.45, 2.75) is 96.3 Å². The van der Waals surface area contributed by atoms with Gasteiger partial charge >= 0.3 is 0 Å². The molecule has 2 saturated heterocycles. The van der Waals surface area contributed by atoms with E-state index in [0.717, 1.165) is 5.56 Å². The van der Waals surface area contributed by atoms with E-state index >= 15 is 0 Å². The molecule has 0 radical (unpaired) electrons. The topological polar surface area (TPSA) is 158 Å². The van der Waals surface area contributed by atoms with E-state index < -0.39 is 118 Å². The van der Waals surface area contributed by atoms with Gasteiger partial charge in [-0.25, -0.2) is 0 Å². The van der Waals surface area contributed by atoms with Crippen LogP contribution >= 0.6 is 0 Å². The zero-order chi connectivity index (χ0) is 47.2. The van der Waals surface area contributed by atoms with Crippen molar-refractivity contribution in [2.24, 2.45) is 11.8 Å². The van der Waals surface area contributed by atoms with Crippen molar-refractivity contribution in [3.05, 3.63) is 71.8 Å². The molecule has 5 atom stereocenters. The van der Waals surface area contributed by atoms with Crippen molar-refractivity contribution in [3.63, 3.8) is 0 Å². The Balaban J connectivity index is 1.62. The number of Topliss-reactive ketones (excluding diaryl/α,β-unsaturated/α-hetero) is 1. The summed E-state index contributed by atoms with van der Waals surface area (Å²) in [4.78, 5) is 70.5. The molecule has 12 nitrogen and oxygen atoms in total. The molecule has 0 unspecified atom stereocenters. The average molecular weight is 731 g/mol. The molecule has 284 valence electrons. The highest BCUT2D eigenvalue weighted by Crippen LogP contribution is 2.29. The molecular formula is C40H57N5O7. The SMILES string of the molecule is [2H]C1([2H])COCC([2H])([2H])N1CC(=O)N[C@@H](CCc1ccccc1)C(=O)N[C@@H](CC(C)C)C(=O)N[C@@H](Cc1ccccc1)C(=O)N[C@@H](CC([2H])(C([2H])([2H])[2H])C([2H])([2H])[2H])C(=O)[C@@]1(C)CO1. The van der Waals surface area contributed by atoms with E-state index in [4.69, 9.17) is 24.6 Å². The monoisotopic (exact) mass is 730 g/mol. The second-order valence-electron chi connectivity index (χ2n) is 13.6. The quantitative estimate of drug-likeness (QED) is 0.152. The first-order chi connectivity index (χ1) is 29.1. The predicted molar refractivity (Wildman–Crippen MR) is 198 cm³/mol. The van der Waals surface area contributed by atoms with Crippen LogP contribution in [0.5, 0.6) is 0 Å². The van der Waals surface area contributed by atoms with Crippen molar-refractivity contribution in [3.8, 4) is 0 Å². The van der Waals surface area contributed by atoms with Crippen LogP contribution in [0.25, 0.3) is 0 Å². The Hall–Kier alpha value is -4.13. The predicted octanol–water partition coefficient (Wildman–Crippen LogP) is 2.58. The molecule has 4 amide bonds. The van der Waals surface area contributed by atoms with Gasteiger partial charge < -0.3 is 30.7 Å². The van der Waals surface area contributed by atoms with Gasteiger partial charge in [0.05, 0.1) is 32.4 Å². The Labute approximate surface area is 323 Å². The number of morpholine rings is 1. The molecule has 0 bridgehead atoms. The van der Waals surface area contributed by atoms with Crippen LogP contribution in [0.2, 0.25) is 0 Å². The van der Waals surface area contributed by atoms with Crippen LogP contribution in [0.3, 0.4) is 0 Å². The Morgan fingerprint density at radius 2 is 1.37 bits per heavy atom. The normalized spacial score (nSPS) is 25.3. The molecule has 2 aliphatic heterocycles. The summed E-state index contributed by atoms with van der Waals surface area (Å²) in [6, 6.07) is 11.4. The van der Waals surface area contributed by atoms with Crippen molar-refractivity contribution < 1.29 is 48.5 Å². The Morgan fingerprint density at radius 3 is 1.96 bits per heavy atom. The molecule has 0 spiro atoms. The zero-order valence-corrected chi connectivity index (χ0v) is 29.8. The second-order valence-corrected chi connectivity index (χ2v) is 13.6. The summed E-state index contributed by atoms with van der Waals surface area (Å²) < 4.78 is 99.4. The summed E-state index contributed by atoms with van der Waals surface area (Å²) >= 11 is 0. The third-order valence-corrected chi connectivity index (χ3v) is 8.63. The first-order valence-corrected chi connectivity index (χ1v) is 17.4. The number of nitrogens with zero attached hydrogens (tertiary/aromatic N) is 1. The van der Waals surface area contributed by atoms with E-state index in [1.807, 2.05) is 12.1 Å². The number of nitrogens with one attached hydrogen (secondary N) is 4. The molecule has 4 N–H and O–H groups in total. The maximum Gasteiger partial charge on any atom is 0.243 e. The van der Waals surface area contributed by atoms with Crippen molar-refractivity contribution in [1.29, 1.82) is 0 Å². The minimum atomic E-state index is -3.42. The first-order valence-electron chi connectivity index (χ1n) is 22.9. The van der Waals surface area contributed by atoms with Gasteiger partial charge in [0.15, 0.2) is 5.78 Å². The van der Waals surface area contributed by atoms with Crippen LogP contribution in [0.4, 0.5) is 0 Å². The second kappa shape index (κ2) is 19.6. The zero-order valence-electron chi connectivity index (χ0n) is 40.8. The van der Waals surface area contributed by atoms with E-state index in [-0.39, 0.29) is 38.2 Å². The molecule has 2 fully saturated rings. The van der Waals surface area contributed by atoms with Crippen molar-refractivity contribution in [1.82, 2.24) is 26.2 Å². The number of aryl methyl sites for hydroxylation is 1. The van der Waals surface area contributed by atoms with Crippen molar-refractivity contribution in [2.75, 3.05) is 39.4 Å². The van der Waals surface area contributed by atoms with Gasteiger partial charge in [-0.15, -0.1) is 0 Å². The van der Waals surface area contributed by atoms with Crippen LogP contribution in [-0.4, -0.2) is 103 Å². The van der Waals surface area contributed by atoms with Crippen LogP contribution in [-0.2, 0) is 46.3 Å². The number of hydrogen-bond acceptors (Lipinski definition) is 8. The van der Waals surface area contributed by atoms with Crippen LogP contribution in [0, 0.1) is 11.8 Å². The molecule has 0 saturated carbocycles. The largest absolute Gasteiger partial charge is 0.379 e. The third-order valence-electron chi connectivity index (χ3n) is 8.63. The molecule has 2 aromatic rings. The number of ketones is 1. The summed E-state index contributed by atoms with van der Waals surface area (Å²) in [5, 5.41) is 10.3. The molecule has 0 aromatic heterocycles. The summed E-state index contributed by atoms with van der Waals surface area (Å²) in [5.41, 5.74) is -0.129. The van der Waals surface area contributed by atoms with E-state index in [1.54, 1.807) is 62.4 Å². The molecule has 2 aliphatic rings. The van der Waals surface area contributed by atoms with Gasteiger partial charge in [-0.05, 0) is 55.5 Å². The van der Waals surface area contributed by atoms with E-state index in [9.17, 15) is 24.0 Å². The van der Waals surface area contributed by atoms with Crippen LogP contribution in [0.1, 0.15) is 79.9 Å². The van der Waals surface area contributed by atoms with Gasteiger partial charge in [0.2, 0.25) is 23.6 Å². The van der Waals surface area contributed by atoms with Crippen LogP contribution < -0.4 is 21.3 Å². The lowest BCUT2D eigenvalue weighted by molar-refractivity contribution is -0.135. The summed E-state index contributed by atoms with van der Waals surface area (Å²) in [6.07, 6.45) is -0.996.